The van der Waals surface area contributed by atoms with Crippen LogP contribution in [0, 0.1) is 6.92 Å². The van der Waals surface area contributed by atoms with Crippen molar-refractivity contribution in [3.8, 4) is 5.69 Å². The maximum atomic E-state index is 4.37. The summed E-state index contributed by atoms with van der Waals surface area (Å²) >= 11 is 1.72. The SMILES string of the molecule is CN=C(NCCc1ncc(C)s1)NCc1nncn1-c1ccccc1.I. The Balaban J connectivity index is 0.00000243. The van der Waals surface area contributed by atoms with Crippen LogP contribution < -0.4 is 10.6 Å². The Morgan fingerprint density at radius 3 is 2.73 bits per heavy atom. The van der Waals surface area contributed by atoms with Crippen LogP contribution in [0.3, 0.4) is 0 Å². The van der Waals surface area contributed by atoms with E-state index in [1.165, 1.54) is 4.88 Å². The molecule has 0 fully saturated rings. The van der Waals surface area contributed by atoms with Gasteiger partial charge in [0.2, 0.25) is 0 Å². The molecule has 2 heterocycles. The molecule has 0 bridgehead atoms. The third-order valence-corrected chi connectivity index (χ3v) is 4.56. The lowest BCUT2D eigenvalue weighted by Crippen LogP contribution is -2.38. The van der Waals surface area contributed by atoms with E-state index in [4.69, 9.17) is 0 Å². The summed E-state index contributed by atoms with van der Waals surface area (Å²) in [7, 11) is 1.75. The fourth-order valence-electron chi connectivity index (χ4n) is 2.37. The largest absolute Gasteiger partial charge is 0.356 e. The quantitative estimate of drug-likeness (QED) is 0.320. The monoisotopic (exact) mass is 483 g/mol. The molecule has 3 rings (SSSR count). The van der Waals surface area contributed by atoms with Gasteiger partial charge < -0.3 is 10.6 Å². The Labute approximate surface area is 174 Å². The predicted molar refractivity (Wildman–Crippen MR) is 116 cm³/mol. The van der Waals surface area contributed by atoms with Crippen LogP contribution in [0.15, 0.2) is 47.8 Å². The van der Waals surface area contributed by atoms with Gasteiger partial charge >= 0.3 is 0 Å². The Kier molecular flexibility index (Phi) is 7.98. The van der Waals surface area contributed by atoms with Crippen LogP contribution in [0.4, 0.5) is 0 Å². The molecule has 0 aliphatic heterocycles. The lowest BCUT2D eigenvalue weighted by Gasteiger charge is -2.12. The van der Waals surface area contributed by atoms with E-state index >= 15 is 0 Å². The van der Waals surface area contributed by atoms with E-state index in [1.807, 2.05) is 41.1 Å². The second-order valence-electron chi connectivity index (χ2n) is 5.42. The molecule has 7 nitrogen and oxygen atoms in total. The zero-order valence-electron chi connectivity index (χ0n) is 14.7. The number of hydrogen-bond acceptors (Lipinski definition) is 5. The number of thiazole rings is 1. The second-order valence-corrected chi connectivity index (χ2v) is 6.74. The molecular weight excluding hydrogens is 461 g/mol. The number of nitrogens with zero attached hydrogens (tertiary/aromatic N) is 5. The number of aliphatic imine (C=N–C) groups is 1. The number of benzene rings is 1. The molecule has 0 aliphatic carbocycles. The number of rotatable bonds is 6. The molecule has 0 saturated heterocycles. The molecule has 138 valence electrons. The summed E-state index contributed by atoms with van der Waals surface area (Å²) in [6.07, 6.45) is 4.50. The number of nitrogens with one attached hydrogen (secondary N) is 2. The van der Waals surface area contributed by atoms with Gasteiger partial charge in [0.05, 0.1) is 11.6 Å². The molecule has 1 aromatic carbocycles. The summed E-state index contributed by atoms with van der Waals surface area (Å²) in [5.74, 6) is 1.56. The fourth-order valence-corrected chi connectivity index (χ4v) is 3.16. The number of halogens is 1. The number of aryl methyl sites for hydroxylation is 1. The smallest absolute Gasteiger partial charge is 0.191 e. The average molecular weight is 483 g/mol. The highest BCUT2D eigenvalue weighted by Crippen LogP contribution is 2.11. The Hall–Kier alpha value is -2.01. The number of hydrogen-bond donors (Lipinski definition) is 2. The molecule has 9 heteroatoms. The van der Waals surface area contributed by atoms with E-state index in [2.05, 4.69) is 37.7 Å². The molecule has 0 saturated carbocycles. The first-order valence-corrected chi connectivity index (χ1v) is 8.88. The van der Waals surface area contributed by atoms with Gasteiger partial charge in [-0.15, -0.1) is 45.5 Å². The van der Waals surface area contributed by atoms with Gasteiger partial charge in [0.15, 0.2) is 11.8 Å². The molecule has 2 N–H and O–H groups in total. The molecule has 0 atom stereocenters. The predicted octanol–water partition coefficient (Wildman–Crippen LogP) is 2.56. The summed E-state index contributed by atoms with van der Waals surface area (Å²) in [5, 5.41) is 15.9. The van der Waals surface area contributed by atoms with Crippen LogP contribution in [0.5, 0.6) is 0 Å². The first-order valence-electron chi connectivity index (χ1n) is 8.06. The molecule has 0 spiro atoms. The third kappa shape index (κ3) is 5.49. The van der Waals surface area contributed by atoms with Crippen LogP contribution >= 0.6 is 35.3 Å². The van der Waals surface area contributed by atoms with E-state index < -0.39 is 0 Å². The van der Waals surface area contributed by atoms with Gasteiger partial charge in [-0.1, -0.05) is 18.2 Å². The van der Waals surface area contributed by atoms with Crippen molar-refractivity contribution in [1.29, 1.82) is 0 Å². The van der Waals surface area contributed by atoms with Gasteiger partial charge in [0.1, 0.15) is 6.33 Å². The Bertz CT molecular complexity index is 829. The molecule has 3 aromatic rings. The minimum atomic E-state index is 0. The van der Waals surface area contributed by atoms with Crippen molar-refractivity contribution in [1.82, 2.24) is 30.4 Å². The standard InChI is InChI=1S/C17H21N7S.HI/c1-13-10-20-16(25-13)8-9-19-17(18-2)21-11-15-23-22-12-24(15)14-6-4-3-5-7-14;/h3-7,10,12H,8-9,11H2,1-2H3,(H2,18,19,21);1H. The van der Waals surface area contributed by atoms with Crippen molar-refractivity contribution < 1.29 is 0 Å². The molecule has 26 heavy (non-hydrogen) atoms. The maximum absolute atomic E-state index is 4.37. The molecule has 2 aromatic heterocycles. The van der Waals surface area contributed by atoms with Crippen LogP contribution in [0.2, 0.25) is 0 Å². The van der Waals surface area contributed by atoms with E-state index in [0.29, 0.717) is 6.54 Å². The van der Waals surface area contributed by atoms with Crippen molar-refractivity contribution in [2.45, 2.75) is 19.9 Å². The second kappa shape index (κ2) is 10.2. The summed E-state index contributed by atoms with van der Waals surface area (Å²) in [5.41, 5.74) is 1.03. The topological polar surface area (TPSA) is 80.0 Å². The molecule has 0 radical (unpaired) electrons. The van der Waals surface area contributed by atoms with Gasteiger partial charge in [0.25, 0.3) is 0 Å². The van der Waals surface area contributed by atoms with E-state index in [0.717, 1.165) is 35.4 Å². The minimum Gasteiger partial charge on any atom is -0.356 e. The molecule has 0 unspecified atom stereocenters. The van der Waals surface area contributed by atoms with Gasteiger partial charge in [0, 0.05) is 36.8 Å². The highest BCUT2D eigenvalue weighted by molar-refractivity contribution is 14.0. The normalized spacial score (nSPS) is 11.1. The van der Waals surface area contributed by atoms with Crippen LogP contribution in [-0.2, 0) is 13.0 Å². The highest BCUT2D eigenvalue weighted by atomic mass is 127. The Morgan fingerprint density at radius 2 is 2.04 bits per heavy atom. The molecule has 0 aliphatic rings. The fraction of sp³-hybridized carbons (Fsp3) is 0.294. The van der Waals surface area contributed by atoms with Crippen LogP contribution in [0.1, 0.15) is 15.7 Å². The van der Waals surface area contributed by atoms with Gasteiger partial charge in [-0.05, 0) is 19.1 Å². The van der Waals surface area contributed by atoms with Crippen molar-refractivity contribution in [2.75, 3.05) is 13.6 Å². The summed E-state index contributed by atoms with van der Waals surface area (Å²) in [4.78, 5) is 9.85. The van der Waals surface area contributed by atoms with Crippen molar-refractivity contribution in [3.63, 3.8) is 0 Å². The number of para-hydroxylation sites is 1. The highest BCUT2D eigenvalue weighted by Gasteiger charge is 2.07. The summed E-state index contributed by atoms with van der Waals surface area (Å²) < 4.78 is 1.96. The zero-order valence-corrected chi connectivity index (χ0v) is 17.9. The minimum absolute atomic E-state index is 0. The van der Waals surface area contributed by atoms with Crippen molar-refractivity contribution in [2.24, 2.45) is 4.99 Å². The first-order chi connectivity index (χ1) is 12.3. The molecular formula is C17H22IN7S. The number of aromatic nitrogens is 4. The zero-order chi connectivity index (χ0) is 17.5. The summed E-state index contributed by atoms with van der Waals surface area (Å²) in [6, 6.07) is 10.0. The lowest BCUT2D eigenvalue weighted by atomic mass is 10.3. The van der Waals surface area contributed by atoms with Crippen LogP contribution in [0.25, 0.3) is 5.69 Å². The first kappa shape index (κ1) is 20.3. The van der Waals surface area contributed by atoms with Gasteiger partial charge in [-0.3, -0.25) is 9.56 Å². The summed E-state index contributed by atoms with van der Waals surface area (Å²) in [6.45, 7) is 3.38. The number of guanidine groups is 1. The van der Waals surface area contributed by atoms with Crippen LogP contribution in [-0.4, -0.2) is 39.3 Å². The van der Waals surface area contributed by atoms with E-state index in [-0.39, 0.29) is 24.0 Å². The third-order valence-electron chi connectivity index (χ3n) is 3.59. The van der Waals surface area contributed by atoms with E-state index in [1.54, 1.807) is 24.7 Å². The molecule has 0 amide bonds. The van der Waals surface area contributed by atoms with Gasteiger partial charge in [-0.25, -0.2) is 4.98 Å². The van der Waals surface area contributed by atoms with Crippen molar-refractivity contribution >= 4 is 41.3 Å². The maximum Gasteiger partial charge on any atom is 0.191 e. The van der Waals surface area contributed by atoms with Gasteiger partial charge in [-0.2, -0.15) is 0 Å². The van der Waals surface area contributed by atoms with Crippen molar-refractivity contribution in [3.05, 3.63) is 58.6 Å². The van der Waals surface area contributed by atoms with E-state index in [9.17, 15) is 0 Å². The Morgan fingerprint density at radius 1 is 1.23 bits per heavy atom. The average Bonchev–Trinajstić information content (AvgIpc) is 3.27. The lowest BCUT2D eigenvalue weighted by molar-refractivity contribution is 0.748.